The number of nitrogens with one attached hydrogen (secondary N) is 1. The fourth-order valence-electron chi connectivity index (χ4n) is 4.60. The summed E-state index contributed by atoms with van der Waals surface area (Å²) >= 11 is 0. The average Bonchev–Trinajstić information content (AvgIpc) is 3.57. The largest absolute Gasteiger partial charge is 0.368 e. The molecule has 5 aromatic rings. The Hall–Kier alpha value is -4.27. The summed E-state index contributed by atoms with van der Waals surface area (Å²) in [4.78, 5) is 27.0. The lowest BCUT2D eigenvalue weighted by atomic mass is 10.00. The lowest BCUT2D eigenvalue weighted by Crippen LogP contribution is -2.26. The molecule has 0 unspecified atom stereocenters. The van der Waals surface area contributed by atoms with Crippen LogP contribution in [0.25, 0.3) is 32.9 Å². The molecule has 9 heteroatoms. The second-order valence-corrected chi connectivity index (χ2v) is 8.82. The summed E-state index contributed by atoms with van der Waals surface area (Å²) in [6.07, 6.45) is 7.42. The second-order valence-electron chi connectivity index (χ2n) is 8.82. The van der Waals surface area contributed by atoms with Crippen molar-refractivity contribution in [2.45, 2.75) is 31.8 Å². The Labute approximate surface area is 195 Å². The molecule has 3 N–H and O–H groups in total. The Morgan fingerprint density at radius 1 is 1.18 bits per heavy atom. The first-order valence-electron chi connectivity index (χ1n) is 11.3. The summed E-state index contributed by atoms with van der Waals surface area (Å²) in [6.45, 7) is 2.03. The third-order valence-corrected chi connectivity index (χ3v) is 6.31. The molecule has 0 amide bonds. The van der Waals surface area contributed by atoms with Gasteiger partial charge in [-0.1, -0.05) is 18.2 Å². The molecule has 6 rings (SSSR count). The first-order valence-corrected chi connectivity index (χ1v) is 11.3. The zero-order chi connectivity index (χ0) is 23.4. The molecule has 1 aromatic carbocycles. The molecular formula is C25H24N8O. The minimum atomic E-state index is -0.209. The SMILES string of the molecule is C[C@H](Nc1nc(N)nc2cccnc12)c1cc2cccc(-c3cnn(C)c3)c2c(=O)n1C1CC1. The maximum absolute atomic E-state index is 13.9. The van der Waals surface area contributed by atoms with Gasteiger partial charge in [0.25, 0.3) is 5.56 Å². The van der Waals surface area contributed by atoms with Crippen LogP contribution in [0.4, 0.5) is 11.8 Å². The molecule has 9 nitrogen and oxygen atoms in total. The number of nitrogens with two attached hydrogens (primary N) is 1. The summed E-state index contributed by atoms with van der Waals surface area (Å²) in [5.74, 6) is 0.726. The summed E-state index contributed by atoms with van der Waals surface area (Å²) in [6, 6.07) is 11.7. The molecule has 1 aliphatic rings. The van der Waals surface area contributed by atoms with E-state index in [9.17, 15) is 4.79 Å². The van der Waals surface area contributed by atoms with Crippen LogP contribution in [0.2, 0.25) is 0 Å². The molecule has 4 heterocycles. The van der Waals surface area contributed by atoms with Crippen LogP contribution in [0.15, 0.2) is 59.8 Å². The zero-order valence-electron chi connectivity index (χ0n) is 18.9. The molecule has 4 aromatic heterocycles. The molecule has 1 saturated carbocycles. The van der Waals surface area contributed by atoms with E-state index in [4.69, 9.17) is 5.73 Å². The van der Waals surface area contributed by atoms with Crippen LogP contribution in [0.1, 0.15) is 37.5 Å². The highest BCUT2D eigenvalue weighted by atomic mass is 16.1. The van der Waals surface area contributed by atoms with Gasteiger partial charge in [-0.2, -0.15) is 10.1 Å². The van der Waals surface area contributed by atoms with Crippen molar-refractivity contribution in [3.8, 4) is 11.1 Å². The summed E-state index contributed by atoms with van der Waals surface area (Å²) in [5.41, 5.74) is 10.0. The van der Waals surface area contributed by atoms with Gasteiger partial charge in [-0.25, -0.2) is 4.98 Å². The number of aryl methyl sites for hydroxylation is 1. The predicted octanol–water partition coefficient (Wildman–Crippen LogP) is 3.83. The highest BCUT2D eigenvalue weighted by Gasteiger charge is 2.30. The van der Waals surface area contributed by atoms with Crippen LogP contribution in [-0.2, 0) is 7.05 Å². The molecule has 0 spiro atoms. The molecule has 0 radical (unpaired) electrons. The first kappa shape index (κ1) is 20.3. The van der Waals surface area contributed by atoms with Crippen molar-refractivity contribution in [2.75, 3.05) is 11.1 Å². The van der Waals surface area contributed by atoms with Crippen molar-refractivity contribution < 1.29 is 0 Å². The number of nitrogen functional groups attached to an aromatic ring is 1. The van der Waals surface area contributed by atoms with Gasteiger partial charge in [0.1, 0.15) is 5.52 Å². The van der Waals surface area contributed by atoms with Gasteiger partial charge >= 0.3 is 0 Å². The van der Waals surface area contributed by atoms with Crippen molar-refractivity contribution in [3.05, 3.63) is 71.0 Å². The number of anilines is 2. The average molecular weight is 453 g/mol. The van der Waals surface area contributed by atoms with E-state index in [0.29, 0.717) is 16.9 Å². The lowest BCUT2D eigenvalue weighted by Gasteiger charge is -2.22. The Balaban J connectivity index is 1.50. The van der Waals surface area contributed by atoms with Gasteiger partial charge in [-0.05, 0) is 48.9 Å². The monoisotopic (exact) mass is 452 g/mol. The van der Waals surface area contributed by atoms with Gasteiger partial charge in [0, 0.05) is 36.7 Å². The number of hydrogen-bond donors (Lipinski definition) is 2. The van der Waals surface area contributed by atoms with Gasteiger partial charge in [0.15, 0.2) is 5.82 Å². The molecule has 1 fully saturated rings. The van der Waals surface area contributed by atoms with Crippen molar-refractivity contribution in [3.63, 3.8) is 0 Å². The number of hydrogen-bond acceptors (Lipinski definition) is 7. The van der Waals surface area contributed by atoms with E-state index in [-0.39, 0.29) is 23.6 Å². The Bertz CT molecular complexity index is 1620. The first-order chi connectivity index (χ1) is 16.5. The highest BCUT2D eigenvalue weighted by molar-refractivity contribution is 5.96. The van der Waals surface area contributed by atoms with E-state index in [1.165, 1.54) is 0 Å². The van der Waals surface area contributed by atoms with Gasteiger partial charge in [0.05, 0.1) is 23.1 Å². The van der Waals surface area contributed by atoms with E-state index in [1.807, 2.05) is 55.1 Å². The lowest BCUT2D eigenvalue weighted by molar-refractivity contribution is 0.636. The quantitative estimate of drug-likeness (QED) is 0.416. The van der Waals surface area contributed by atoms with E-state index < -0.39 is 0 Å². The molecular weight excluding hydrogens is 428 g/mol. The Morgan fingerprint density at radius 2 is 2.03 bits per heavy atom. The fraction of sp³-hybridized carbons (Fsp3) is 0.240. The third-order valence-electron chi connectivity index (χ3n) is 6.31. The van der Waals surface area contributed by atoms with Crippen LogP contribution in [0.3, 0.4) is 0 Å². The van der Waals surface area contributed by atoms with Crippen molar-refractivity contribution in [1.29, 1.82) is 0 Å². The fourth-order valence-corrected chi connectivity index (χ4v) is 4.60. The smallest absolute Gasteiger partial charge is 0.259 e. The number of rotatable bonds is 5. The van der Waals surface area contributed by atoms with E-state index in [2.05, 4.69) is 31.4 Å². The Morgan fingerprint density at radius 3 is 2.79 bits per heavy atom. The topological polar surface area (TPSA) is 117 Å². The minimum Gasteiger partial charge on any atom is -0.368 e. The number of nitrogens with zero attached hydrogens (tertiary/aromatic N) is 6. The van der Waals surface area contributed by atoms with Gasteiger partial charge in [0.2, 0.25) is 5.95 Å². The number of pyridine rings is 2. The van der Waals surface area contributed by atoms with E-state index in [0.717, 1.165) is 40.4 Å². The van der Waals surface area contributed by atoms with Crippen LogP contribution >= 0.6 is 0 Å². The summed E-state index contributed by atoms with van der Waals surface area (Å²) in [5, 5.41) is 9.35. The van der Waals surface area contributed by atoms with Crippen molar-refractivity contribution >= 4 is 33.6 Å². The van der Waals surface area contributed by atoms with E-state index >= 15 is 0 Å². The van der Waals surface area contributed by atoms with E-state index in [1.54, 1.807) is 17.1 Å². The standard InChI is InChI=1S/C25H24N8O/c1-14(29-23-22-19(7-4-10-27-22)30-25(26)31-23)20-11-15-5-3-6-18(16-12-28-32(2)13-16)21(15)24(34)33(20)17-8-9-17/h3-7,10-14,17H,8-9H2,1-2H3,(H3,26,29,30,31)/t14-/m0/s1. The highest BCUT2D eigenvalue weighted by Crippen LogP contribution is 2.38. The van der Waals surface area contributed by atoms with Crippen molar-refractivity contribution in [2.24, 2.45) is 7.05 Å². The molecule has 170 valence electrons. The maximum Gasteiger partial charge on any atom is 0.259 e. The van der Waals surface area contributed by atoms with Crippen LogP contribution in [0, 0.1) is 0 Å². The predicted molar refractivity (Wildman–Crippen MR) is 132 cm³/mol. The van der Waals surface area contributed by atoms with Crippen molar-refractivity contribution in [1.82, 2.24) is 29.3 Å². The molecule has 34 heavy (non-hydrogen) atoms. The third kappa shape index (κ3) is 3.37. The van der Waals surface area contributed by atoms with Gasteiger partial charge < -0.3 is 15.6 Å². The maximum atomic E-state index is 13.9. The van der Waals surface area contributed by atoms with Gasteiger partial charge in [-0.3, -0.25) is 14.5 Å². The molecule has 0 aliphatic heterocycles. The molecule has 0 saturated heterocycles. The molecule has 1 aliphatic carbocycles. The number of fused-ring (bicyclic) bond motifs is 2. The molecule has 0 bridgehead atoms. The number of benzene rings is 1. The minimum absolute atomic E-state index is 0.0216. The van der Waals surface area contributed by atoms with Crippen LogP contribution < -0.4 is 16.6 Å². The second kappa shape index (κ2) is 7.65. The summed E-state index contributed by atoms with van der Waals surface area (Å²) < 4.78 is 3.69. The molecule has 1 atom stereocenters. The van der Waals surface area contributed by atoms with Crippen LogP contribution in [0.5, 0.6) is 0 Å². The summed E-state index contributed by atoms with van der Waals surface area (Å²) in [7, 11) is 1.88. The normalized spacial score (nSPS) is 14.5. The van der Waals surface area contributed by atoms with Crippen LogP contribution in [-0.4, -0.2) is 29.3 Å². The zero-order valence-corrected chi connectivity index (χ0v) is 18.9. The number of aromatic nitrogens is 6. The Kier molecular flexibility index (Phi) is 4.58. The van der Waals surface area contributed by atoms with Gasteiger partial charge in [-0.15, -0.1) is 0 Å².